The second-order valence-electron chi connectivity index (χ2n) is 8.90. The summed E-state index contributed by atoms with van der Waals surface area (Å²) < 4.78 is 21.8. The minimum Gasteiger partial charge on any atom is -0.461 e. The van der Waals surface area contributed by atoms with Crippen molar-refractivity contribution in [2.45, 2.75) is 31.0 Å². The van der Waals surface area contributed by atoms with Gasteiger partial charge in [0.05, 0.1) is 11.7 Å². The number of carbonyl (C=O) groups is 4. The molecule has 0 saturated carbocycles. The van der Waals surface area contributed by atoms with Crippen LogP contribution in [0.5, 0.6) is 0 Å². The van der Waals surface area contributed by atoms with Crippen LogP contribution in [0.1, 0.15) is 28.8 Å². The van der Waals surface area contributed by atoms with Crippen LogP contribution in [-0.2, 0) is 39.8 Å². The molecule has 8 nitrogen and oxygen atoms in total. The van der Waals surface area contributed by atoms with Crippen LogP contribution in [0.3, 0.4) is 0 Å². The molecule has 2 bridgehead atoms. The fourth-order valence-corrected chi connectivity index (χ4v) is 4.97. The number of aryl methyl sites for hydroxylation is 1. The summed E-state index contributed by atoms with van der Waals surface area (Å²) >= 11 is 0. The van der Waals surface area contributed by atoms with Gasteiger partial charge in [-0.3, -0.25) is 14.4 Å². The standard InChI is InChI=1S/C27H24O8/c28-20(13-7-10-17-8-3-1-4-9-17)32-15-19-14-27(16-33-24(29)18-11-5-2-6-12-18)22-21(23(19)35-27)25(30)34-26(22)31/h1-6,8-9,11-12,14,21-23H,7,10,13,15-16H2. The van der Waals surface area contributed by atoms with Crippen molar-refractivity contribution in [3.63, 3.8) is 0 Å². The Morgan fingerprint density at radius 2 is 1.63 bits per heavy atom. The maximum Gasteiger partial charge on any atom is 0.338 e. The van der Waals surface area contributed by atoms with Gasteiger partial charge in [-0.25, -0.2) is 4.79 Å². The van der Waals surface area contributed by atoms with E-state index in [0.29, 0.717) is 17.6 Å². The maximum absolute atomic E-state index is 12.5. The van der Waals surface area contributed by atoms with Crippen molar-refractivity contribution in [3.05, 3.63) is 83.4 Å². The highest BCUT2D eigenvalue weighted by Gasteiger charge is 2.69. The summed E-state index contributed by atoms with van der Waals surface area (Å²) in [5, 5.41) is 0. The second kappa shape index (κ2) is 9.46. The predicted molar refractivity (Wildman–Crippen MR) is 121 cm³/mol. The lowest BCUT2D eigenvalue weighted by molar-refractivity contribution is -0.159. The number of cyclic esters (lactones) is 2. The minimum atomic E-state index is -1.34. The van der Waals surface area contributed by atoms with E-state index < -0.39 is 41.4 Å². The highest BCUT2D eigenvalue weighted by Crippen LogP contribution is 2.53. The lowest BCUT2D eigenvalue weighted by Crippen LogP contribution is -2.43. The van der Waals surface area contributed by atoms with Crippen LogP contribution >= 0.6 is 0 Å². The molecule has 2 saturated heterocycles. The third-order valence-electron chi connectivity index (χ3n) is 6.61. The third-order valence-corrected chi connectivity index (χ3v) is 6.61. The Morgan fingerprint density at radius 3 is 2.37 bits per heavy atom. The summed E-state index contributed by atoms with van der Waals surface area (Å²) in [6, 6.07) is 18.3. The highest BCUT2D eigenvalue weighted by molar-refractivity contribution is 5.99. The van der Waals surface area contributed by atoms with Gasteiger partial charge in [-0.15, -0.1) is 0 Å². The fraction of sp³-hybridized carbons (Fsp3) is 0.333. The van der Waals surface area contributed by atoms with Crippen LogP contribution in [0.15, 0.2) is 72.3 Å². The molecule has 0 radical (unpaired) electrons. The van der Waals surface area contributed by atoms with Gasteiger partial charge in [-0.1, -0.05) is 48.5 Å². The largest absolute Gasteiger partial charge is 0.461 e. The van der Waals surface area contributed by atoms with Gasteiger partial charge in [-0.05, 0) is 42.2 Å². The van der Waals surface area contributed by atoms with Gasteiger partial charge >= 0.3 is 23.9 Å². The Hall–Kier alpha value is -3.78. The van der Waals surface area contributed by atoms with Gasteiger partial charge in [0.15, 0.2) is 0 Å². The smallest absolute Gasteiger partial charge is 0.338 e. The molecule has 2 aromatic rings. The first-order chi connectivity index (χ1) is 17.0. The van der Waals surface area contributed by atoms with Gasteiger partial charge in [-0.2, -0.15) is 0 Å². The molecule has 180 valence electrons. The molecule has 35 heavy (non-hydrogen) atoms. The zero-order valence-electron chi connectivity index (χ0n) is 18.9. The van der Waals surface area contributed by atoms with Crippen molar-refractivity contribution in [2.24, 2.45) is 11.8 Å². The number of ether oxygens (including phenoxy) is 4. The number of fused-ring (bicyclic) bond motifs is 5. The zero-order valence-corrected chi connectivity index (χ0v) is 18.9. The van der Waals surface area contributed by atoms with Crippen LogP contribution in [-0.4, -0.2) is 48.8 Å². The van der Waals surface area contributed by atoms with E-state index in [2.05, 4.69) is 0 Å². The lowest BCUT2D eigenvalue weighted by Gasteiger charge is -2.27. The molecule has 2 aromatic carbocycles. The quantitative estimate of drug-likeness (QED) is 0.236. The third kappa shape index (κ3) is 4.49. The number of hydrogen-bond donors (Lipinski definition) is 0. The summed E-state index contributed by atoms with van der Waals surface area (Å²) in [7, 11) is 0. The topological polar surface area (TPSA) is 105 Å². The van der Waals surface area contributed by atoms with E-state index in [1.165, 1.54) is 0 Å². The fourth-order valence-electron chi connectivity index (χ4n) is 4.97. The number of hydrogen-bond acceptors (Lipinski definition) is 8. The average Bonchev–Trinajstić information content (AvgIpc) is 3.51. The van der Waals surface area contributed by atoms with E-state index >= 15 is 0 Å². The first-order valence-electron chi connectivity index (χ1n) is 11.5. The first kappa shape index (κ1) is 23.0. The summed E-state index contributed by atoms with van der Waals surface area (Å²) in [5.41, 5.74) is 0.724. The Kier molecular flexibility index (Phi) is 6.21. The van der Waals surface area contributed by atoms with Gasteiger partial charge in [0.1, 0.15) is 30.7 Å². The Morgan fingerprint density at radius 1 is 0.914 bits per heavy atom. The summed E-state index contributed by atoms with van der Waals surface area (Å²) in [6.45, 7) is -0.344. The summed E-state index contributed by atoms with van der Waals surface area (Å²) in [5.74, 6) is -4.08. The molecule has 0 aliphatic carbocycles. The van der Waals surface area contributed by atoms with Crippen molar-refractivity contribution in [1.82, 2.24) is 0 Å². The van der Waals surface area contributed by atoms with E-state index in [0.717, 1.165) is 12.0 Å². The molecular formula is C27H24O8. The Labute approximate surface area is 201 Å². The lowest BCUT2D eigenvalue weighted by atomic mass is 9.74. The van der Waals surface area contributed by atoms with Crippen molar-refractivity contribution in [1.29, 1.82) is 0 Å². The SMILES string of the molecule is O=C(CCCc1ccccc1)OCC1=CC2(COC(=O)c3ccccc3)OC1C1C(=O)OC(=O)C12. The molecule has 0 spiro atoms. The van der Waals surface area contributed by atoms with Gasteiger partial charge in [0.25, 0.3) is 0 Å². The normalized spacial score (nSPS) is 26.2. The van der Waals surface area contributed by atoms with Crippen molar-refractivity contribution >= 4 is 23.9 Å². The number of benzene rings is 2. The van der Waals surface area contributed by atoms with Crippen molar-refractivity contribution < 1.29 is 38.1 Å². The zero-order chi connectivity index (χ0) is 24.4. The number of esters is 4. The molecule has 0 aromatic heterocycles. The van der Waals surface area contributed by atoms with Crippen LogP contribution in [0, 0.1) is 11.8 Å². The molecule has 8 heteroatoms. The average molecular weight is 476 g/mol. The molecule has 3 heterocycles. The molecular weight excluding hydrogens is 452 g/mol. The molecule has 2 fully saturated rings. The maximum atomic E-state index is 12.5. The Bertz CT molecular complexity index is 1170. The molecule has 3 aliphatic heterocycles. The highest BCUT2D eigenvalue weighted by atomic mass is 16.6. The molecule has 4 atom stereocenters. The van der Waals surface area contributed by atoms with Crippen LogP contribution in [0.25, 0.3) is 0 Å². The predicted octanol–water partition coefficient (Wildman–Crippen LogP) is 2.80. The monoisotopic (exact) mass is 476 g/mol. The summed E-state index contributed by atoms with van der Waals surface area (Å²) in [6.07, 6.45) is 2.53. The van der Waals surface area contributed by atoms with Gasteiger partial charge in [0.2, 0.25) is 0 Å². The first-order valence-corrected chi connectivity index (χ1v) is 11.5. The molecule has 4 unspecified atom stereocenters. The van der Waals surface area contributed by atoms with Crippen molar-refractivity contribution in [2.75, 3.05) is 13.2 Å². The number of rotatable bonds is 9. The molecule has 5 rings (SSSR count). The summed E-state index contributed by atoms with van der Waals surface area (Å²) in [4.78, 5) is 49.5. The van der Waals surface area contributed by atoms with Crippen LogP contribution in [0.2, 0.25) is 0 Å². The van der Waals surface area contributed by atoms with E-state index in [1.807, 2.05) is 30.3 Å². The molecule has 3 aliphatic rings. The molecule has 0 amide bonds. The van der Waals surface area contributed by atoms with E-state index in [-0.39, 0.29) is 25.6 Å². The van der Waals surface area contributed by atoms with Gasteiger partial charge < -0.3 is 18.9 Å². The number of carbonyl (C=O) groups excluding carboxylic acids is 4. The van der Waals surface area contributed by atoms with Crippen molar-refractivity contribution in [3.8, 4) is 0 Å². The van der Waals surface area contributed by atoms with E-state index in [9.17, 15) is 19.2 Å². The van der Waals surface area contributed by atoms with Crippen LogP contribution < -0.4 is 0 Å². The van der Waals surface area contributed by atoms with Gasteiger partial charge in [0, 0.05) is 6.42 Å². The Balaban J connectivity index is 1.23. The molecule has 0 N–H and O–H groups in total. The minimum absolute atomic E-state index is 0.0755. The second-order valence-corrected chi connectivity index (χ2v) is 8.90. The van der Waals surface area contributed by atoms with E-state index in [1.54, 1.807) is 36.4 Å². The van der Waals surface area contributed by atoms with E-state index in [4.69, 9.17) is 18.9 Å². The van der Waals surface area contributed by atoms with Crippen LogP contribution in [0.4, 0.5) is 0 Å².